The Hall–Kier alpha value is -3.38. The molecule has 0 saturated carbocycles. The van der Waals surface area contributed by atoms with Crippen molar-refractivity contribution in [3.05, 3.63) is 52.7 Å². The van der Waals surface area contributed by atoms with Crippen molar-refractivity contribution in [2.24, 2.45) is 0 Å². The number of nitrogens with zero attached hydrogens (tertiary/aromatic N) is 2. The Labute approximate surface area is 238 Å². The van der Waals surface area contributed by atoms with Gasteiger partial charge in [-0.15, -0.1) is 0 Å². The topological polar surface area (TPSA) is 113 Å². The third-order valence-electron chi connectivity index (χ3n) is 6.98. The summed E-state index contributed by atoms with van der Waals surface area (Å²) in [7, 11) is 1.15. The number of aromatic nitrogens is 1. The molecule has 0 saturated heterocycles. The third kappa shape index (κ3) is 9.60. The monoisotopic (exact) mass is 580 g/mol. The van der Waals surface area contributed by atoms with Gasteiger partial charge in [-0.1, -0.05) is 12.1 Å². The number of carbonyl (C=O) groups excluding carboxylic acids is 1. The maximum Gasteiger partial charge on any atom is 0.417 e. The van der Waals surface area contributed by atoms with Crippen LogP contribution in [0, 0.1) is 0 Å². The zero-order valence-electron chi connectivity index (χ0n) is 23.6. The molecule has 1 atom stereocenters. The first-order valence-electron chi connectivity index (χ1n) is 13.9. The Bertz CT molecular complexity index is 1160. The van der Waals surface area contributed by atoms with Crippen molar-refractivity contribution in [3.8, 4) is 5.75 Å². The number of unbranched alkanes of at least 4 members (excludes halogenated alkanes) is 1. The molecule has 41 heavy (non-hydrogen) atoms. The predicted molar refractivity (Wildman–Crippen MR) is 148 cm³/mol. The van der Waals surface area contributed by atoms with Gasteiger partial charge in [0.1, 0.15) is 17.6 Å². The number of hydrogen-bond acceptors (Lipinski definition) is 7. The molecular formula is C29H39F3N4O5. The number of amides is 1. The minimum absolute atomic E-state index is 0.00173. The summed E-state index contributed by atoms with van der Waals surface area (Å²) in [4.78, 5) is 31.6. The van der Waals surface area contributed by atoms with Crippen LogP contribution >= 0.6 is 0 Å². The van der Waals surface area contributed by atoms with Crippen LogP contribution in [-0.4, -0.2) is 79.4 Å². The minimum atomic E-state index is -4.82. The molecule has 1 aliphatic rings. The molecule has 12 heteroatoms. The van der Waals surface area contributed by atoms with Crippen LogP contribution in [-0.2, 0) is 28.5 Å². The standard InChI is InChI=1S/C29H39F3N4O5/c1-3-41-19-18-36(16-5-4-9-21-13-12-20-8-7-15-33-26(20)34-21)17-14-23(28(38)39)35-27(37)25-22(29(30,31)32)10-6-11-24(25)40-2/h6,10-13,23H,3-5,7-9,14-19H2,1-2H3,(H,33,34)(H,35,37)(H,38,39). The number of carbonyl (C=O) groups is 2. The highest BCUT2D eigenvalue weighted by atomic mass is 19.4. The van der Waals surface area contributed by atoms with Crippen molar-refractivity contribution in [3.63, 3.8) is 0 Å². The number of carboxylic acid groups (broad SMARTS) is 1. The molecule has 0 aliphatic carbocycles. The summed E-state index contributed by atoms with van der Waals surface area (Å²) in [5.74, 6) is -1.82. The van der Waals surface area contributed by atoms with E-state index in [0.29, 0.717) is 32.8 Å². The van der Waals surface area contributed by atoms with Gasteiger partial charge in [-0.25, -0.2) is 9.78 Å². The van der Waals surface area contributed by atoms with Gasteiger partial charge in [-0.2, -0.15) is 13.2 Å². The molecule has 3 rings (SSSR count). The number of carboxylic acids is 1. The number of hydrogen-bond donors (Lipinski definition) is 3. The average molecular weight is 581 g/mol. The number of rotatable bonds is 16. The molecule has 3 N–H and O–H groups in total. The molecule has 1 aromatic heterocycles. The van der Waals surface area contributed by atoms with Crippen molar-refractivity contribution >= 4 is 17.7 Å². The van der Waals surface area contributed by atoms with Gasteiger partial charge >= 0.3 is 12.1 Å². The molecule has 0 bridgehead atoms. The third-order valence-corrected chi connectivity index (χ3v) is 6.98. The lowest BCUT2D eigenvalue weighted by Gasteiger charge is -2.25. The lowest BCUT2D eigenvalue weighted by atomic mass is 10.0. The highest BCUT2D eigenvalue weighted by Crippen LogP contribution is 2.36. The molecule has 226 valence electrons. The second-order valence-electron chi connectivity index (χ2n) is 9.87. The van der Waals surface area contributed by atoms with Gasteiger partial charge in [0, 0.05) is 31.9 Å². The van der Waals surface area contributed by atoms with Crippen molar-refractivity contribution in [1.29, 1.82) is 0 Å². The van der Waals surface area contributed by atoms with E-state index in [-0.39, 0.29) is 12.2 Å². The molecule has 9 nitrogen and oxygen atoms in total. The van der Waals surface area contributed by atoms with Crippen LogP contribution in [0.2, 0.25) is 0 Å². The van der Waals surface area contributed by atoms with Gasteiger partial charge < -0.3 is 30.1 Å². The maximum absolute atomic E-state index is 13.6. The second-order valence-corrected chi connectivity index (χ2v) is 9.87. The number of pyridine rings is 1. The minimum Gasteiger partial charge on any atom is -0.496 e. The van der Waals surface area contributed by atoms with E-state index >= 15 is 0 Å². The zero-order valence-corrected chi connectivity index (χ0v) is 23.6. The molecule has 0 spiro atoms. The molecule has 1 amide bonds. The highest BCUT2D eigenvalue weighted by molar-refractivity contribution is 6.00. The van der Waals surface area contributed by atoms with Crippen LogP contribution in [0.5, 0.6) is 5.75 Å². The van der Waals surface area contributed by atoms with Gasteiger partial charge in [0.2, 0.25) is 0 Å². The van der Waals surface area contributed by atoms with Crippen LogP contribution in [0.25, 0.3) is 0 Å². The second kappa shape index (κ2) is 15.6. The fraction of sp³-hybridized carbons (Fsp3) is 0.552. The molecule has 1 unspecified atom stereocenters. The Morgan fingerprint density at radius 2 is 1.98 bits per heavy atom. The van der Waals surface area contributed by atoms with Crippen LogP contribution in [0.4, 0.5) is 19.0 Å². The molecular weight excluding hydrogens is 541 g/mol. The largest absolute Gasteiger partial charge is 0.496 e. The van der Waals surface area contributed by atoms with Crippen LogP contribution in [0.15, 0.2) is 30.3 Å². The van der Waals surface area contributed by atoms with E-state index in [1.54, 1.807) is 0 Å². The fourth-order valence-electron chi connectivity index (χ4n) is 4.79. The van der Waals surface area contributed by atoms with Gasteiger partial charge in [0.15, 0.2) is 0 Å². The summed E-state index contributed by atoms with van der Waals surface area (Å²) < 4.78 is 51.2. The predicted octanol–water partition coefficient (Wildman–Crippen LogP) is 4.40. The van der Waals surface area contributed by atoms with E-state index in [1.165, 1.54) is 11.6 Å². The number of methoxy groups -OCH3 is 1. The van der Waals surface area contributed by atoms with Crippen molar-refractivity contribution in [2.75, 3.05) is 51.8 Å². The first kappa shape index (κ1) is 32.1. The smallest absolute Gasteiger partial charge is 0.417 e. The average Bonchev–Trinajstić information content (AvgIpc) is 2.95. The summed E-state index contributed by atoms with van der Waals surface area (Å²) in [5, 5.41) is 15.4. The van der Waals surface area contributed by atoms with E-state index < -0.39 is 35.2 Å². The summed E-state index contributed by atoms with van der Waals surface area (Å²) in [6.07, 6.45) is -0.161. The van der Waals surface area contributed by atoms with Crippen LogP contribution in [0.3, 0.4) is 0 Å². The Morgan fingerprint density at radius 3 is 2.68 bits per heavy atom. The molecule has 2 heterocycles. The van der Waals surface area contributed by atoms with E-state index in [4.69, 9.17) is 14.5 Å². The molecule has 1 aliphatic heterocycles. The Kier molecular flexibility index (Phi) is 12.2. The van der Waals surface area contributed by atoms with Gasteiger partial charge in [0.25, 0.3) is 5.91 Å². The number of aliphatic carboxylic acids is 1. The number of ether oxygens (including phenoxy) is 2. The first-order valence-corrected chi connectivity index (χ1v) is 13.9. The molecule has 1 aromatic carbocycles. The summed E-state index contributed by atoms with van der Waals surface area (Å²) in [5.41, 5.74) is 0.318. The van der Waals surface area contributed by atoms with Crippen molar-refractivity contribution < 1.29 is 37.3 Å². The van der Waals surface area contributed by atoms with Crippen LogP contribution < -0.4 is 15.4 Å². The molecule has 0 radical (unpaired) electrons. The normalized spacial score (nSPS) is 13.8. The zero-order chi connectivity index (χ0) is 29.8. The van der Waals surface area contributed by atoms with Gasteiger partial charge in [0.05, 0.1) is 24.8 Å². The van der Waals surface area contributed by atoms with E-state index in [0.717, 1.165) is 69.4 Å². The van der Waals surface area contributed by atoms with E-state index in [9.17, 15) is 27.9 Å². The Balaban J connectivity index is 1.59. The quantitative estimate of drug-likeness (QED) is 0.251. The summed E-state index contributed by atoms with van der Waals surface area (Å²) >= 11 is 0. The lowest BCUT2D eigenvalue weighted by Crippen LogP contribution is -2.44. The number of alkyl halides is 3. The molecule has 0 fully saturated rings. The first-order chi connectivity index (χ1) is 19.6. The number of aryl methyl sites for hydroxylation is 2. The highest BCUT2D eigenvalue weighted by Gasteiger charge is 2.37. The lowest BCUT2D eigenvalue weighted by molar-refractivity contribution is -0.139. The fourth-order valence-corrected chi connectivity index (χ4v) is 4.79. The maximum atomic E-state index is 13.6. The summed E-state index contributed by atoms with van der Waals surface area (Å²) in [6, 6.07) is 5.91. The van der Waals surface area contributed by atoms with Gasteiger partial charge in [-0.3, -0.25) is 4.79 Å². The van der Waals surface area contributed by atoms with Crippen LogP contribution in [0.1, 0.15) is 59.8 Å². The summed E-state index contributed by atoms with van der Waals surface area (Å²) in [6.45, 7) is 5.34. The number of nitrogens with one attached hydrogen (secondary N) is 2. The molecule has 2 aromatic rings. The number of benzene rings is 1. The number of halogens is 3. The van der Waals surface area contributed by atoms with Crippen molar-refractivity contribution in [1.82, 2.24) is 15.2 Å². The SMILES string of the molecule is CCOCCN(CCCCc1ccc2c(n1)NCCC2)CCC(NC(=O)c1c(OC)cccc1C(F)(F)F)C(=O)O. The van der Waals surface area contributed by atoms with Crippen molar-refractivity contribution in [2.45, 2.75) is 57.7 Å². The van der Waals surface area contributed by atoms with E-state index in [1.807, 2.05) is 11.8 Å². The number of fused-ring (bicyclic) bond motifs is 1. The van der Waals surface area contributed by atoms with E-state index in [2.05, 4.69) is 22.8 Å². The number of anilines is 1. The van der Waals surface area contributed by atoms with Gasteiger partial charge in [-0.05, 0) is 75.8 Å². The Morgan fingerprint density at radius 1 is 1.17 bits per heavy atom.